The van der Waals surface area contributed by atoms with E-state index in [-0.39, 0.29) is 10.8 Å². The van der Waals surface area contributed by atoms with Gasteiger partial charge >= 0.3 is 0 Å². The summed E-state index contributed by atoms with van der Waals surface area (Å²) in [6.07, 6.45) is 0. The third-order valence-electron chi connectivity index (χ3n) is 1.54. The Labute approximate surface area is 82.8 Å². The second-order valence-electron chi connectivity index (χ2n) is 2.85. The van der Waals surface area contributed by atoms with Crippen molar-refractivity contribution < 1.29 is 13.6 Å². The zero-order valence-electron chi connectivity index (χ0n) is 7.69. The summed E-state index contributed by atoms with van der Waals surface area (Å²) in [6.45, 7) is 1.39. The van der Waals surface area contributed by atoms with E-state index >= 15 is 0 Å². The molecule has 1 aromatic rings. The highest BCUT2D eigenvalue weighted by Gasteiger charge is 2.02. The van der Waals surface area contributed by atoms with Crippen LogP contribution in [0.5, 0.6) is 0 Å². The van der Waals surface area contributed by atoms with Crippen molar-refractivity contribution in [3.8, 4) is 0 Å². The Morgan fingerprint density at radius 1 is 1.43 bits per heavy atom. The van der Waals surface area contributed by atoms with Gasteiger partial charge in [-0.05, 0) is 30.1 Å². The van der Waals surface area contributed by atoms with Crippen LogP contribution >= 0.6 is 0 Å². The fourth-order valence-corrected chi connectivity index (χ4v) is 1.52. The maximum absolute atomic E-state index is 11.1. The quantitative estimate of drug-likeness (QED) is 0.725. The summed E-state index contributed by atoms with van der Waals surface area (Å²) in [5.41, 5.74) is 0.588. The maximum Gasteiger partial charge on any atom is 0.221 e. The first-order valence-corrected chi connectivity index (χ1v) is 5.55. The van der Waals surface area contributed by atoms with Gasteiger partial charge in [0, 0.05) is 12.6 Å². The highest BCUT2D eigenvalue weighted by atomic mass is 32.2. The molecule has 1 aromatic carbocycles. The number of hydrogen-bond acceptors (Lipinski definition) is 2. The minimum atomic E-state index is -3.16. The number of anilines is 1. The van der Waals surface area contributed by atoms with Crippen molar-refractivity contribution in [1.82, 2.24) is 0 Å². The Morgan fingerprint density at radius 3 is 2.29 bits per heavy atom. The molecular formula is C9H11NO3S. The number of rotatable bonds is 2. The smallest absolute Gasteiger partial charge is 0.221 e. The Kier molecular flexibility index (Phi) is 2.93. The molecule has 0 bridgehead atoms. The third-order valence-corrected chi connectivity index (χ3v) is 2.55. The van der Waals surface area contributed by atoms with Gasteiger partial charge in [-0.3, -0.25) is 4.79 Å². The van der Waals surface area contributed by atoms with E-state index in [0.29, 0.717) is 5.69 Å². The van der Waals surface area contributed by atoms with Crippen LogP contribution in [0.4, 0.5) is 5.69 Å². The van der Waals surface area contributed by atoms with Crippen LogP contribution in [-0.2, 0) is 14.6 Å². The van der Waals surface area contributed by atoms with Gasteiger partial charge in [-0.15, -0.1) is 0 Å². The van der Waals surface area contributed by atoms with E-state index in [9.17, 15) is 9.00 Å². The van der Waals surface area contributed by atoms with Gasteiger partial charge in [0.25, 0.3) is 0 Å². The fraction of sp³-hybridized carbons (Fsp3) is 0.111. The summed E-state index contributed by atoms with van der Waals surface area (Å²) in [5, 5.41) is 2.55. The molecule has 0 saturated carbocycles. The molecule has 2 N–H and O–H groups in total. The molecule has 0 fully saturated rings. The fourth-order valence-electron chi connectivity index (χ4n) is 0.954. The van der Waals surface area contributed by atoms with Crippen LogP contribution < -0.4 is 5.32 Å². The van der Waals surface area contributed by atoms with Crippen molar-refractivity contribution in [2.75, 3.05) is 5.32 Å². The number of carbonyl (C=O) groups excluding carboxylic acids is 1. The van der Waals surface area contributed by atoms with Crippen LogP contribution in [0.15, 0.2) is 29.2 Å². The lowest BCUT2D eigenvalue weighted by atomic mass is 10.3. The normalized spacial score (nSPS) is 14.4. The lowest BCUT2D eigenvalue weighted by Gasteiger charge is -2.04. The zero-order valence-corrected chi connectivity index (χ0v) is 8.50. The summed E-state index contributed by atoms with van der Waals surface area (Å²) < 4.78 is 20.2. The van der Waals surface area contributed by atoms with E-state index in [4.69, 9.17) is 4.55 Å². The average molecular weight is 213 g/mol. The number of nitrogens with one attached hydrogen (secondary N) is 1. The highest BCUT2D eigenvalue weighted by molar-refractivity contribution is 7.95. The number of amides is 1. The molecule has 4 nitrogen and oxygen atoms in total. The Balaban J connectivity index is 2.95. The summed E-state index contributed by atoms with van der Waals surface area (Å²) in [4.78, 5) is 10.9. The molecule has 0 aliphatic heterocycles. The number of benzene rings is 1. The lowest BCUT2D eigenvalue weighted by molar-refractivity contribution is -0.114. The van der Waals surface area contributed by atoms with Gasteiger partial charge < -0.3 is 9.87 Å². The molecule has 0 saturated heterocycles. The molecule has 5 heteroatoms. The van der Waals surface area contributed by atoms with E-state index in [2.05, 4.69) is 11.2 Å². The minimum absolute atomic E-state index is 0.183. The van der Waals surface area contributed by atoms with Crippen LogP contribution in [0.3, 0.4) is 0 Å². The Bertz CT molecular complexity index is 434. The summed E-state index contributed by atoms with van der Waals surface area (Å²) in [7, 11) is -3.16. The van der Waals surface area contributed by atoms with Crippen LogP contribution in [0, 0.1) is 0 Å². The highest BCUT2D eigenvalue weighted by Crippen LogP contribution is 2.13. The molecule has 0 aliphatic rings. The minimum Gasteiger partial charge on any atom is -0.326 e. The van der Waals surface area contributed by atoms with Crippen LogP contribution in [0.25, 0.3) is 0 Å². The first-order valence-electron chi connectivity index (χ1n) is 3.87. The largest absolute Gasteiger partial charge is 0.326 e. The van der Waals surface area contributed by atoms with Crippen LogP contribution in [0.2, 0.25) is 0 Å². The van der Waals surface area contributed by atoms with Gasteiger partial charge in [0.2, 0.25) is 5.91 Å². The van der Waals surface area contributed by atoms with Gasteiger partial charge in [-0.1, -0.05) is 0 Å². The summed E-state index contributed by atoms with van der Waals surface area (Å²) in [5.74, 6) is 2.94. The van der Waals surface area contributed by atoms with Crippen molar-refractivity contribution in [1.29, 1.82) is 0 Å². The molecule has 1 amide bonds. The van der Waals surface area contributed by atoms with Gasteiger partial charge in [0.1, 0.15) is 9.80 Å². The topological polar surface area (TPSA) is 66.4 Å². The van der Waals surface area contributed by atoms with E-state index in [1.165, 1.54) is 19.1 Å². The molecule has 1 rings (SSSR count). The summed E-state index contributed by atoms with van der Waals surface area (Å²) >= 11 is 0. The Morgan fingerprint density at radius 2 is 1.93 bits per heavy atom. The van der Waals surface area contributed by atoms with E-state index in [1.807, 2.05) is 0 Å². The van der Waals surface area contributed by atoms with Crippen molar-refractivity contribution in [2.45, 2.75) is 11.8 Å². The van der Waals surface area contributed by atoms with Crippen molar-refractivity contribution in [3.05, 3.63) is 24.3 Å². The second-order valence-corrected chi connectivity index (χ2v) is 4.60. The molecule has 0 radical (unpaired) electrons. The molecule has 0 spiro atoms. The van der Waals surface area contributed by atoms with E-state index < -0.39 is 9.80 Å². The molecule has 1 unspecified atom stereocenters. The van der Waals surface area contributed by atoms with Gasteiger partial charge in [0.15, 0.2) is 0 Å². The lowest BCUT2D eigenvalue weighted by Crippen LogP contribution is -2.06. The molecule has 14 heavy (non-hydrogen) atoms. The summed E-state index contributed by atoms with van der Waals surface area (Å²) in [6, 6.07) is 6.02. The van der Waals surface area contributed by atoms with Gasteiger partial charge in [-0.25, -0.2) is 4.21 Å². The Hall–Kier alpha value is -1.33. The molecule has 1 atom stereocenters. The first kappa shape index (κ1) is 10.7. The number of carbonyl (C=O) groups is 1. The van der Waals surface area contributed by atoms with Gasteiger partial charge in [0.05, 0.1) is 4.90 Å². The predicted molar refractivity (Wildman–Crippen MR) is 56.9 cm³/mol. The second kappa shape index (κ2) is 3.81. The molecule has 0 heterocycles. The van der Waals surface area contributed by atoms with Crippen LogP contribution in [-0.4, -0.2) is 20.5 Å². The average Bonchev–Trinajstić information content (AvgIpc) is 2.02. The van der Waals surface area contributed by atoms with Gasteiger partial charge in [-0.2, -0.15) is 0 Å². The van der Waals surface area contributed by atoms with E-state index in [0.717, 1.165) is 0 Å². The first-order chi connectivity index (χ1) is 6.39. The number of hydrogen-bond donors (Lipinski definition) is 2. The van der Waals surface area contributed by atoms with Crippen LogP contribution in [0.1, 0.15) is 6.92 Å². The van der Waals surface area contributed by atoms with Crippen molar-refractivity contribution in [2.24, 2.45) is 0 Å². The van der Waals surface area contributed by atoms with E-state index in [1.54, 1.807) is 12.1 Å². The molecule has 0 aromatic heterocycles. The molecule has 76 valence electrons. The zero-order chi connectivity index (χ0) is 10.8. The third kappa shape index (κ3) is 2.86. The molecular weight excluding hydrogens is 202 g/mol. The van der Waals surface area contributed by atoms with Crippen molar-refractivity contribution >= 4 is 27.3 Å². The standard InChI is InChI=1S/C9H11NO3S/c1-7(11)10-8-3-5-9(6-4-8)14(2,12)13/h3-6H,2H2,1H3,(H,10,11)(H,12,13). The SMILES string of the molecule is C=S(=O)(O)c1ccc(NC(C)=O)cc1. The van der Waals surface area contributed by atoms with Crippen molar-refractivity contribution in [3.63, 3.8) is 0 Å². The maximum atomic E-state index is 11.1. The predicted octanol–water partition coefficient (Wildman–Crippen LogP) is 1.19. The molecule has 0 aliphatic carbocycles. The monoisotopic (exact) mass is 213 g/mol.